The van der Waals surface area contributed by atoms with E-state index in [0.717, 1.165) is 56.9 Å². The molecule has 0 unspecified atom stereocenters. The molecule has 2 saturated carbocycles. The third kappa shape index (κ3) is 6.17. The molecule has 0 aromatic heterocycles. The number of halogens is 1. The van der Waals surface area contributed by atoms with Crippen LogP contribution in [0.5, 0.6) is 0 Å². The fraction of sp³-hybridized carbons (Fsp3) is 0.500. The van der Waals surface area contributed by atoms with Crippen LogP contribution in [0.2, 0.25) is 5.02 Å². The summed E-state index contributed by atoms with van der Waals surface area (Å²) in [5.74, 6) is -0.154. The van der Waals surface area contributed by atoms with Gasteiger partial charge in [-0.15, -0.1) is 0 Å². The molecule has 33 heavy (non-hydrogen) atoms. The van der Waals surface area contributed by atoms with Crippen LogP contribution in [-0.2, 0) is 21.2 Å². The zero-order valence-corrected chi connectivity index (χ0v) is 20.6. The van der Waals surface area contributed by atoms with Crippen LogP contribution in [0.3, 0.4) is 0 Å². The average molecular weight is 489 g/mol. The number of rotatable bonds is 7. The van der Waals surface area contributed by atoms with E-state index in [-0.39, 0.29) is 24.4 Å². The minimum absolute atomic E-state index is 0.102. The lowest BCUT2D eigenvalue weighted by Gasteiger charge is -2.40. The zero-order chi connectivity index (χ0) is 23.3. The molecule has 7 heteroatoms. The Bertz CT molecular complexity index is 1010. The Kier molecular flexibility index (Phi) is 8.10. The van der Waals surface area contributed by atoms with E-state index in [9.17, 15) is 13.2 Å². The van der Waals surface area contributed by atoms with Crippen LogP contribution in [0.4, 0.5) is 5.69 Å². The van der Waals surface area contributed by atoms with Crippen LogP contribution in [0.25, 0.3) is 0 Å². The van der Waals surface area contributed by atoms with Crippen molar-refractivity contribution in [1.29, 1.82) is 0 Å². The molecular weight excluding hydrogens is 456 g/mol. The normalized spacial score (nSPS) is 18.4. The van der Waals surface area contributed by atoms with Crippen molar-refractivity contribution in [3.63, 3.8) is 0 Å². The minimum atomic E-state index is -3.59. The fourth-order valence-corrected chi connectivity index (χ4v) is 7.24. The maximum Gasteiger partial charge on any atom is 0.243 e. The predicted octanol–water partition coefficient (Wildman–Crippen LogP) is 6.18. The van der Waals surface area contributed by atoms with Crippen molar-refractivity contribution in [3.8, 4) is 0 Å². The first-order valence-electron chi connectivity index (χ1n) is 12.1. The van der Waals surface area contributed by atoms with Crippen LogP contribution >= 0.6 is 11.6 Å². The number of hydrogen-bond donors (Lipinski definition) is 1. The van der Waals surface area contributed by atoms with Crippen LogP contribution in [-0.4, -0.2) is 30.7 Å². The molecule has 1 N–H and O–H groups in total. The highest BCUT2D eigenvalue weighted by atomic mass is 35.5. The van der Waals surface area contributed by atoms with Gasteiger partial charge in [-0.2, -0.15) is 4.31 Å². The first-order valence-corrected chi connectivity index (χ1v) is 13.9. The van der Waals surface area contributed by atoms with Crippen LogP contribution in [0.15, 0.2) is 53.4 Å². The molecule has 0 bridgehead atoms. The summed E-state index contributed by atoms with van der Waals surface area (Å²) < 4.78 is 29.4. The van der Waals surface area contributed by atoms with Gasteiger partial charge in [0.25, 0.3) is 0 Å². The second kappa shape index (κ2) is 11.0. The monoisotopic (exact) mass is 488 g/mol. The number of carbonyl (C=O) groups excluding carboxylic acids is 1. The number of sulfonamides is 1. The minimum Gasteiger partial charge on any atom is -0.326 e. The summed E-state index contributed by atoms with van der Waals surface area (Å²) in [6, 6.07) is 14.0. The molecule has 4 rings (SSSR count). The molecule has 0 spiro atoms. The number of anilines is 1. The third-order valence-electron chi connectivity index (χ3n) is 6.86. The van der Waals surface area contributed by atoms with Gasteiger partial charge in [-0.05, 0) is 67.6 Å². The number of nitrogens with zero attached hydrogens (tertiary/aromatic N) is 1. The predicted molar refractivity (Wildman–Crippen MR) is 133 cm³/mol. The number of amides is 1. The highest BCUT2D eigenvalue weighted by molar-refractivity contribution is 7.89. The standard InChI is InChI=1S/C26H33ClN2O3S/c27-21-13-11-20(12-14-21)19-26(30)28-22-15-17-25(18-16-22)33(31,32)29(23-7-3-1-4-8-23)24-9-5-2-6-10-24/h11-18,23-24H,1-10,19H2,(H,28,30). The smallest absolute Gasteiger partial charge is 0.243 e. The fourth-order valence-electron chi connectivity index (χ4n) is 5.19. The van der Waals surface area contributed by atoms with Gasteiger partial charge < -0.3 is 5.32 Å². The Morgan fingerprint density at radius 2 is 1.33 bits per heavy atom. The van der Waals surface area contributed by atoms with Crippen molar-refractivity contribution in [2.45, 2.75) is 87.6 Å². The van der Waals surface area contributed by atoms with Gasteiger partial charge in [0.05, 0.1) is 11.3 Å². The van der Waals surface area contributed by atoms with Gasteiger partial charge in [-0.1, -0.05) is 62.3 Å². The molecule has 0 saturated heterocycles. The second-order valence-electron chi connectivity index (χ2n) is 9.29. The van der Waals surface area contributed by atoms with Crippen LogP contribution in [0.1, 0.15) is 69.8 Å². The van der Waals surface area contributed by atoms with Crippen molar-refractivity contribution in [2.75, 3.05) is 5.32 Å². The lowest BCUT2D eigenvalue weighted by Crippen LogP contribution is -2.48. The topological polar surface area (TPSA) is 66.5 Å². The van der Waals surface area contributed by atoms with Gasteiger partial charge in [0, 0.05) is 22.8 Å². The first kappa shape index (κ1) is 24.2. The molecule has 2 aliphatic carbocycles. The van der Waals surface area contributed by atoms with E-state index >= 15 is 0 Å². The Balaban J connectivity index is 1.48. The summed E-state index contributed by atoms with van der Waals surface area (Å²) >= 11 is 5.90. The van der Waals surface area contributed by atoms with Gasteiger partial charge >= 0.3 is 0 Å². The summed E-state index contributed by atoms with van der Waals surface area (Å²) in [7, 11) is -3.59. The van der Waals surface area contributed by atoms with Gasteiger partial charge in [0.2, 0.25) is 15.9 Å². The molecule has 2 fully saturated rings. The van der Waals surface area contributed by atoms with Crippen molar-refractivity contribution in [3.05, 3.63) is 59.1 Å². The summed E-state index contributed by atoms with van der Waals surface area (Å²) in [5.41, 5.74) is 1.46. The molecule has 0 heterocycles. The van der Waals surface area contributed by atoms with Gasteiger partial charge in [0.15, 0.2) is 0 Å². The molecule has 178 valence electrons. The SMILES string of the molecule is O=C(Cc1ccc(Cl)cc1)Nc1ccc(S(=O)(=O)N(C2CCCCC2)C2CCCCC2)cc1. The van der Waals surface area contributed by atoms with E-state index in [4.69, 9.17) is 11.6 Å². The molecule has 2 aromatic rings. The Morgan fingerprint density at radius 1 is 0.818 bits per heavy atom. The van der Waals surface area contributed by atoms with Crippen LogP contribution in [0, 0.1) is 0 Å². The van der Waals surface area contributed by atoms with E-state index in [0.29, 0.717) is 15.6 Å². The van der Waals surface area contributed by atoms with Crippen molar-refractivity contribution < 1.29 is 13.2 Å². The summed E-state index contributed by atoms with van der Waals surface area (Å²) in [5, 5.41) is 3.49. The summed E-state index contributed by atoms with van der Waals surface area (Å²) in [6.07, 6.45) is 10.8. The molecule has 0 atom stereocenters. The van der Waals surface area contributed by atoms with Gasteiger partial charge in [0.1, 0.15) is 0 Å². The second-order valence-corrected chi connectivity index (χ2v) is 11.6. The van der Waals surface area contributed by atoms with E-state index in [1.807, 2.05) is 16.4 Å². The number of nitrogens with one attached hydrogen (secondary N) is 1. The quantitative estimate of drug-likeness (QED) is 0.506. The third-order valence-corrected chi connectivity index (χ3v) is 9.13. The molecule has 2 aliphatic rings. The van der Waals surface area contributed by atoms with E-state index < -0.39 is 10.0 Å². The highest BCUT2D eigenvalue weighted by Crippen LogP contribution is 2.35. The van der Waals surface area contributed by atoms with Gasteiger partial charge in [-0.25, -0.2) is 8.42 Å². The Labute approximate surface area is 202 Å². The maximum absolute atomic E-state index is 13.8. The van der Waals surface area contributed by atoms with E-state index in [2.05, 4.69) is 5.32 Å². The first-order chi connectivity index (χ1) is 15.9. The van der Waals surface area contributed by atoms with E-state index in [1.54, 1.807) is 36.4 Å². The van der Waals surface area contributed by atoms with Crippen LogP contribution < -0.4 is 5.32 Å². The number of benzene rings is 2. The van der Waals surface area contributed by atoms with Gasteiger partial charge in [-0.3, -0.25) is 4.79 Å². The summed E-state index contributed by atoms with van der Waals surface area (Å²) in [4.78, 5) is 12.7. The highest BCUT2D eigenvalue weighted by Gasteiger charge is 2.38. The van der Waals surface area contributed by atoms with Crippen molar-refractivity contribution in [2.24, 2.45) is 0 Å². The molecule has 0 aliphatic heterocycles. The number of hydrogen-bond acceptors (Lipinski definition) is 3. The zero-order valence-electron chi connectivity index (χ0n) is 19.0. The summed E-state index contributed by atoms with van der Waals surface area (Å²) in [6.45, 7) is 0. The largest absolute Gasteiger partial charge is 0.326 e. The maximum atomic E-state index is 13.8. The molecule has 2 aromatic carbocycles. The lowest BCUT2D eigenvalue weighted by molar-refractivity contribution is -0.115. The molecule has 0 radical (unpaired) electrons. The molecule has 1 amide bonds. The Hall–Kier alpha value is -1.89. The van der Waals surface area contributed by atoms with Crippen molar-refractivity contribution in [1.82, 2.24) is 4.31 Å². The number of carbonyl (C=O) groups is 1. The molecule has 5 nitrogen and oxygen atoms in total. The molecular formula is C26H33ClN2O3S. The van der Waals surface area contributed by atoms with E-state index in [1.165, 1.54) is 12.8 Å². The lowest BCUT2D eigenvalue weighted by atomic mass is 9.91. The average Bonchev–Trinajstić information content (AvgIpc) is 2.82. The Morgan fingerprint density at radius 3 is 1.85 bits per heavy atom. The van der Waals surface area contributed by atoms with Crippen molar-refractivity contribution >= 4 is 33.2 Å².